The van der Waals surface area contributed by atoms with E-state index in [0.29, 0.717) is 17.7 Å². The summed E-state index contributed by atoms with van der Waals surface area (Å²) in [5, 5.41) is 10.6. The van der Waals surface area contributed by atoms with Crippen LogP contribution in [-0.4, -0.2) is 55.9 Å². The van der Waals surface area contributed by atoms with E-state index in [1.165, 1.54) is 19.2 Å². The van der Waals surface area contributed by atoms with Crippen LogP contribution >= 0.6 is 0 Å². The number of hydrogen-bond donors (Lipinski definition) is 1. The zero-order chi connectivity index (χ0) is 21.5. The van der Waals surface area contributed by atoms with E-state index in [2.05, 4.69) is 4.99 Å². The van der Waals surface area contributed by atoms with Crippen molar-refractivity contribution in [2.24, 2.45) is 4.99 Å². The van der Waals surface area contributed by atoms with Crippen molar-refractivity contribution in [3.63, 3.8) is 0 Å². The normalized spacial score (nSPS) is 14.5. The van der Waals surface area contributed by atoms with Gasteiger partial charge in [-0.2, -0.15) is 13.2 Å². The zero-order valence-electron chi connectivity index (χ0n) is 17.4. The number of aryl methyl sites for hydroxylation is 1. The van der Waals surface area contributed by atoms with Crippen molar-refractivity contribution in [1.29, 1.82) is 0 Å². The average molecular weight is 404 g/mol. The van der Waals surface area contributed by atoms with E-state index in [9.17, 15) is 18.3 Å². The number of aliphatic hydroxyl groups is 1. The number of hydrogen-bond acceptors (Lipinski definition) is 4. The topological polar surface area (TPSA) is 54.3 Å². The molecule has 0 radical (unpaired) electrons. The number of methoxy groups -OCH3 is 1. The van der Waals surface area contributed by atoms with Gasteiger partial charge in [-0.15, -0.1) is 0 Å². The van der Waals surface area contributed by atoms with Crippen LogP contribution in [0.2, 0.25) is 0 Å². The summed E-state index contributed by atoms with van der Waals surface area (Å²) >= 11 is 0. The van der Waals surface area contributed by atoms with E-state index >= 15 is 0 Å². The molecule has 0 saturated heterocycles. The first-order chi connectivity index (χ1) is 13.0. The maximum absolute atomic E-state index is 13.8. The lowest BCUT2D eigenvalue weighted by Crippen LogP contribution is -2.46. The Balaban J connectivity index is 3.33. The largest absolute Gasteiger partial charge is 0.496 e. The molecule has 0 bridgehead atoms. The van der Waals surface area contributed by atoms with Gasteiger partial charge in [-0.3, -0.25) is 0 Å². The SMILES string of the molecule is CCCCOCC(O)(c1cc(C)c(N=CN(C)C(C)C)cc1OC)C(F)(F)F. The minimum absolute atomic E-state index is 0.0936. The molecule has 1 aromatic carbocycles. The van der Waals surface area contributed by atoms with Crippen molar-refractivity contribution in [2.45, 2.75) is 58.4 Å². The van der Waals surface area contributed by atoms with E-state index in [4.69, 9.17) is 9.47 Å². The Hall–Kier alpha value is -1.80. The van der Waals surface area contributed by atoms with Gasteiger partial charge in [-0.05, 0) is 38.8 Å². The molecule has 0 aromatic heterocycles. The van der Waals surface area contributed by atoms with Crippen LogP contribution in [0.3, 0.4) is 0 Å². The average Bonchev–Trinajstić information content (AvgIpc) is 2.62. The standard InChI is InChI=1S/C20H31F3N2O3/c1-7-8-9-28-12-19(26,20(21,22)23)16-10-15(4)17(11-18(16)27-6)24-13-25(5)14(2)3/h10-11,13-14,26H,7-9,12H2,1-6H3. The highest BCUT2D eigenvalue weighted by Crippen LogP contribution is 2.45. The summed E-state index contributed by atoms with van der Waals surface area (Å²) in [6.45, 7) is 6.77. The fraction of sp³-hybridized carbons (Fsp3) is 0.650. The fourth-order valence-corrected chi connectivity index (χ4v) is 2.37. The van der Waals surface area contributed by atoms with E-state index in [-0.39, 0.29) is 24.0 Å². The zero-order valence-corrected chi connectivity index (χ0v) is 17.4. The summed E-state index contributed by atoms with van der Waals surface area (Å²) in [5.41, 5.74) is -2.61. The molecule has 1 atom stereocenters. The first-order valence-electron chi connectivity index (χ1n) is 9.30. The molecule has 1 unspecified atom stereocenters. The maximum atomic E-state index is 13.8. The first-order valence-corrected chi connectivity index (χ1v) is 9.30. The molecular weight excluding hydrogens is 373 g/mol. The van der Waals surface area contributed by atoms with Crippen LogP contribution in [0, 0.1) is 6.92 Å². The van der Waals surface area contributed by atoms with Crippen LogP contribution in [0.5, 0.6) is 5.75 Å². The third-order valence-corrected chi connectivity index (χ3v) is 4.58. The highest BCUT2D eigenvalue weighted by Gasteiger charge is 2.56. The predicted octanol–water partition coefficient (Wildman–Crippen LogP) is 4.57. The molecule has 0 fully saturated rings. The third-order valence-electron chi connectivity index (χ3n) is 4.58. The van der Waals surface area contributed by atoms with Crippen LogP contribution in [0.25, 0.3) is 0 Å². The molecule has 1 N–H and O–H groups in total. The molecule has 8 heteroatoms. The monoisotopic (exact) mass is 404 g/mol. The van der Waals surface area contributed by atoms with Crippen molar-refractivity contribution in [1.82, 2.24) is 4.90 Å². The van der Waals surface area contributed by atoms with Gasteiger partial charge in [-0.25, -0.2) is 4.99 Å². The Kier molecular flexibility index (Phi) is 8.75. The number of aliphatic imine (C=N–C) groups is 1. The number of nitrogens with zero attached hydrogens (tertiary/aromatic N) is 2. The Morgan fingerprint density at radius 1 is 1.29 bits per heavy atom. The van der Waals surface area contributed by atoms with Crippen molar-refractivity contribution in [3.05, 3.63) is 23.3 Å². The molecule has 0 spiro atoms. The number of halogens is 3. The van der Waals surface area contributed by atoms with E-state index in [1.54, 1.807) is 13.3 Å². The van der Waals surface area contributed by atoms with Crippen LogP contribution < -0.4 is 4.74 Å². The lowest BCUT2D eigenvalue weighted by molar-refractivity contribution is -0.282. The smallest absolute Gasteiger partial charge is 0.423 e. The minimum Gasteiger partial charge on any atom is -0.496 e. The molecule has 0 aliphatic rings. The van der Waals surface area contributed by atoms with Crippen molar-refractivity contribution in [3.8, 4) is 5.75 Å². The number of ether oxygens (including phenoxy) is 2. The lowest BCUT2D eigenvalue weighted by Gasteiger charge is -2.32. The highest BCUT2D eigenvalue weighted by atomic mass is 19.4. The van der Waals surface area contributed by atoms with Crippen LogP contribution in [0.1, 0.15) is 44.7 Å². The second kappa shape index (κ2) is 10.1. The van der Waals surface area contributed by atoms with Gasteiger partial charge in [-0.1, -0.05) is 13.3 Å². The van der Waals surface area contributed by atoms with Gasteiger partial charge in [0.15, 0.2) is 0 Å². The van der Waals surface area contributed by atoms with Crippen LogP contribution in [0.15, 0.2) is 17.1 Å². The number of benzene rings is 1. The minimum atomic E-state index is -4.93. The molecular formula is C20H31F3N2O3. The van der Waals surface area contributed by atoms with Gasteiger partial charge in [0.05, 0.1) is 25.7 Å². The van der Waals surface area contributed by atoms with E-state index < -0.39 is 18.4 Å². The van der Waals surface area contributed by atoms with Crippen LogP contribution in [0.4, 0.5) is 18.9 Å². The van der Waals surface area contributed by atoms with Gasteiger partial charge in [0.25, 0.3) is 0 Å². The highest BCUT2D eigenvalue weighted by molar-refractivity contribution is 5.65. The quantitative estimate of drug-likeness (QED) is 0.353. The van der Waals surface area contributed by atoms with Gasteiger partial charge in [0.2, 0.25) is 5.60 Å². The van der Waals surface area contributed by atoms with Gasteiger partial charge in [0, 0.05) is 31.3 Å². The van der Waals surface area contributed by atoms with E-state index in [1.807, 2.05) is 32.7 Å². The summed E-state index contributed by atoms with van der Waals surface area (Å²) in [4.78, 5) is 6.20. The van der Waals surface area contributed by atoms with Gasteiger partial charge < -0.3 is 19.5 Å². The molecule has 0 aliphatic carbocycles. The number of unbranched alkanes of at least 4 members (excludes halogenated alkanes) is 1. The van der Waals surface area contributed by atoms with Crippen LogP contribution in [-0.2, 0) is 10.3 Å². The summed E-state index contributed by atoms with van der Waals surface area (Å²) in [6.07, 6.45) is -1.93. The Labute approximate surface area is 165 Å². The maximum Gasteiger partial charge on any atom is 0.423 e. The Bertz CT molecular complexity index is 663. The molecule has 0 heterocycles. The molecule has 1 aromatic rings. The first kappa shape index (κ1) is 24.2. The second-order valence-electron chi connectivity index (χ2n) is 7.11. The Morgan fingerprint density at radius 2 is 1.93 bits per heavy atom. The number of alkyl halides is 3. The Morgan fingerprint density at radius 3 is 2.43 bits per heavy atom. The second-order valence-corrected chi connectivity index (χ2v) is 7.11. The third kappa shape index (κ3) is 5.85. The predicted molar refractivity (Wildman–Crippen MR) is 104 cm³/mol. The molecule has 5 nitrogen and oxygen atoms in total. The summed E-state index contributed by atoms with van der Waals surface area (Å²) in [5.74, 6) is -0.0936. The molecule has 1 rings (SSSR count). The molecule has 0 saturated carbocycles. The lowest BCUT2D eigenvalue weighted by atomic mass is 9.91. The fourth-order valence-electron chi connectivity index (χ4n) is 2.37. The van der Waals surface area contributed by atoms with Gasteiger partial charge in [0.1, 0.15) is 5.75 Å². The summed E-state index contributed by atoms with van der Waals surface area (Å²) in [7, 11) is 3.11. The molecule has 28 heavy (non-hydrogen) atoms. The van der Waals surface area contributed by atoms with Gasteiger partial charge >= 0.3 is 6.18 Å². The summed E-state index contributed by atoms with van der Waals surface area (Å²) in [6, 6.07) is 2.89. The van der Waals surface area contributed by atoms with Crippen molar-refractivity contribution < 1.29 is 27.8 Å². The van der Waals surface area contributed by atoms with Crippen molar-refractivity contribution >= 4 is 12.0 Å². The summed E-state index contributed by atoms with van der Waals surface area (Å²) < 4.78 is 51.6. The van der Waals surface area contributed by atoms with E-state index in [0.717, 1.165) is 6.42 Å². The molecule has 0 amide bonds. The number of rotatable bonds is 10. The molecule has 160 valence electrons. The van der Waals surface area contributed by atoms with Crippen molar-refractivity contribution in [2.75, 3.05) is 27.4 Å². The molecule has 0 aliphatic heterocycles.